The monoisotopic (exact) mass is 427 g/mol. The third-order valence-corrected chi connectivity index (χ3v) is 5.49. The second kappa shape index (κ2) is 9.51. The molecule has 1 aromatic carbocycles. The van der Waals surface area contributed by atoms with Crippen LogP contribution in [0, 0.1) is 0 Å². The fraction of sp³-hybridized carbons (Fsp3) is 0.522. The summed E-state index contributed by atoms with van der Waals surface area (Å²) in [7, 11) is 5.69. The zero-order valence-corrected chi connectivity index (χ0v) is 19.3. The smallest absolute Gasteiger partial charge is 0.270 e. The number of aryl methyl sites for hydroxylation is 1. The van der Waals surface area contributed by atoms with Crippen LogP contribution in [0.5, 0.6) is 5.75 Å². The van der Waals surface area contributed by atoms with Gasteiger partial charge in [0.1, 0.15) is 24.1 Å². The molecule has 1 N–H and O–H groups in total. The predicted octanol–water partition coefficient (Wildman–Crippen LogP) is 2.01. The molecule has 2 heterocycles. The number of hydrogen-bond acceptors (Lipinski definition) is 5. The molecule has 2 amide bonds. The van der Waals surface area contributed by atoms with Gasteiger partial charge in [0.25, 0.3) is 5.91 Å². The fourth-order valence-corrected chi connectivity index (χ4v) is 3.76. The summed E-state index contributed by atoms with van der Waals surface area (Å²) < 4.78 is 7.56. The van der Waals surface area contributed by atoms with Crippen molar-refractivity contribution in [1.29, 1.82) is 0 Å². The molecule has 0 fully saturated rings. The SMILES string of the molecule is CC(NC(=O)c1cc(C(C)C)nn1C)C(=O)N1Cc2ccccc2OCC1CN(C)C. The van der Waals surface area contributed by atoms with Gasteiger partial charge in [0.15, 0.2) is 0 Å². The third kappa shape index (κ3) is 5.25. The van der Waals surface area contributed by atoms with Crippen LogP contribution in [-0.2, 0) is 18.4 Å². The number of likely N-dealkylation sites (N-methyl/N-ethyl adjacent to an activating group) is 1. The molecule has 1 aliphatic heterocycles. The van der Waals surface area contributed by atoms with Crippen LogP contribution in [0.3, 0.4) is 0 Å². The van der Waals surface area contributed by atoms with Crippen LogP contribution in [0.25, 0.3) is 0 Å². The van der Waals surface area contributed by atoms with Crippen LogP contribution in [0.2, 0.25) is 0 Å². The Morgan fingerprint density at radius 2 is 1.97 bits per heavy atom. The van der Waals surface area contributed by atoms with Gasteiger partial charge in [-0.05, 0) is 39.1 Å². The molecule has 0 saturated carbocycles. The summed E-state index contributed by atoms with van der Waals surface area (Å²) in [5.74, 6) is 0.579. The average Bonchev–Trinajstić information content (AvgIpc) is 3.02. The lowest BCUT2D eigenvalue weighted by Gasteiger charge is -2.33. The lowest BCUT2D eigenvalue weighted by Crippen LogP contribution is -2.53. The number of carbonyl (C=O) groups is 2. The van der Waals surface area contributed by atoms with E-state index in [-0.39, 0.29) is 23.8 Å². The van der Waals surface area contributed by atoms with E-state index in [1.807, 2.05) is 62.0 Å². The number of carbonyl (C=O) groups excluding carboxylic acids is 2. The van der Waals surface area contributed by atoms with Crippen molar-refractivity contribution < 1.29 is 14.3 Å². The Kier molecular flexibility index (Phi) is 7.00. The molecule has 168 valence electrons. The molecule has 0 aliphatic carbocycles. The van der Waals surface area contributed by atoms with Crippen molar-refractivity contribution in [3.63, 3.8) is 0 Å². The summed E-state index contributed by atoms with van der Waals surface area (Å²) in [6.07, 6.45) is 0. The molecule has 0 radical (unpaired) electrons. The highest BCUT2D eigenvalue weighted by Crippen LogP contribution is 2.25. The number of aromatic nitrogens is 2. The zero-order valence-electron chi connectivity index (χ0n) is 19.3. The van der Waals surface area contributed by atoms with Crippen molar-refractivity contribution in [2.24, 2.45) is 7.05 Å². The van der Waals surface area contributed by atoms with E-state index in [1.165, 1.54) is 0 Å². The molecule has 1 aromatic heterocycles. The zero-order chi connectivity index (χ0) is 22.7. The number of rotatable bonds is 6. The summed E-state index contributed by atoms with van der Waals surface area (Å²) >= 11 is 0. The Balaban J connectivity index is 1.78. The first-order chi connectivity index (χ1) is 14.7. The molecule has 8 heteroatoms. The topological polar surface area (TPSA) is 79.7 Å². The molecule has 0 saturated heterocycles. The molecular formula is C23H33N5O3. The van der Waals surface area contributed by atoms with Gasteiger partial charge in [-0.15, -0.1) is 0 Å². The average molecular weight is 428 g/mol. The molecule has 0 bridgehead atoms. The fourth-order valence-electron chi connectivity index (χ4n) is 3.76. The minimum absolute atomic E-state index is 0.126. The number of para-hydroxylation sites is 1. The van der Waals surface area contributed by atoms with Crippen molar-refractivity contribution in [2.45, 2.75) is 45.3 Å². The Hall–Kier alpha value is -2.87. The van der Waals surface area contributed by atoms with Gasteiger partial charge in [0.05, 0.1) is 11.7 Å². The van der Waals surface area contributed by atoms with E-state index in [2.05, 4.69) is 10.4 Å². The van der Waals surface area contributed by atoms with Gasteiger partial charge in [-0.2, -0.15) is 5.10 Å². The quantitative estimate of drug-likeness (QED) is 0.763. The second-order valence-electron chi connectivity index (χ2n) is 8.73. The third-order valence-electron chi connectivity index (χ3n) is 5.49. The predicted molar refractivity (Wildman–Crippen MR) is 119 cm³/mol. The minimum Gasteiger partial charge on any atom is -0.491 e. The summed E-state index contributed by atoms with van der Waals surface area (Å²) in [6, 6.07) is 8.74. The number of nitrogens with zero attached hydrogens (tertiary/aromatic N) is 4. The van der Waals surface area contributed by atoms with E-state index in [0.717, 1.165) is 17.0 Å². The summed E-state index contributed by atoms with van der Waals surface area (Å²) in [6.45, 7) is 7.29. The molecule has 1 aliphatic rings. The first-order valence-corrected chi connectivity index (χ1v) is 10.7. The maximum absolute atomic E-state index is 13.4. The Morgan fingerprint density at radius 1 is 1.26 bits per heavy atom. The van der Waals surface area contributed by atoms with E-state index in [9.17, 15) is 9.59 Å². The molecular weight excluding hydrogens is 394 g/mol. The van der Waals surface area contributed by atoms with Gasteiger partial charge in [-0.1, -0.05) is 32.0 Å². The highest BCUT2D eigenvalue weighted by Gasteiger charge is 2.32. The number of hydrogen-bond donors (Lipinski definition) is 1. The van der Waals surface area contributed by atoms with E-state index in [0.29, 0.717) is 25.4 Å². The summed E-state index contributed by atoms with van der Waals surface area (Å²) in [5, 5.41) is 7.25. The van der Waals surface area contributed by atoms with Crippen molar-refractivity contribution in [1.82, 2.24) is 24.9 Å². The summed E-state index contributed by atoms with van der Waals surface area (Å²) in [4.78, 5) is 30.1. The van der Waals surface area contributed by atoms with Gasteiger partial charge in [-0.3, -0.25) is 14.3 Å². The first kappa shape index (κ1) is 22.8. The van der Waals surface area contributed by atoms with Crippen LogP contribution in [-0.4, -0.2) is 70.7 Å². The summed E-state index contributed by atoms with van der Waals surface area (Å²) in [5.41, 5.74) is 2.25. The van der Waals surface area contributed by atoms with Crippen LogP contribution in [0.15, 0.2) is 30.3 Å². The lowest BCUT2D eigenvalue weighted by molar-refractivity contribution is -0.136. The van der Waals surface area contributed by atoms with Crippen molar-refractivity contribution in [3.8, 4) is 5.75 Å². The van der Waals surface area contributed by atoms with Gasteiger partial charge in [0, 0.05) is 25.7 Å². The van der Waals surface area contributed by atoms with Gasteiger partial charge < -0.3 is 19.9 Å². The van der Waals surface area contributed by atoms with E-state index >= 15 is 0 Å². The second-order valence-corrected chi connectivity index (χ2v) is 8.73. The maximum atomic E-state index is 13.4. The highest BCUT2D eigenvalue weighted by molar-refractivity contribution is 5.96. The van der Waals surface area contributed by atoms with Gasteiger partial charge in [-0.25, -0.2) is 0 Å². The maximum Gasteiger partial charge on any atom is 0.270 e. The van der Waals surface area contributed by atoms with Crippen LogP contribution < -0.4 is 10.1 Å². The number of benzene rings is 1. The first-order valence-electron chi connectivity index (χ1n) is 10.7. The molecule has 8 nitrogen and oxygen atoms in total. The molecule has 2 unspecified atom stereocenters. The number of nitrogens with one attached hydrogen (secondary N) is 1. The van der Waals surface area contributed by atoms with Crippen LogP contribution >= 0.6 is 0 Å². The Bertz CT molecular complexity index is 937. The minimum atomic E-state index is -0.681. The number of ether oxygens (including phenoxy) is 1. The van der Waals surface area contributed by atoms with Crippen molar-refractivity contribution in [3.05, 3.63) is 47.3 Å². The highest BCUT2D eigenvalue weighted by atomic mass is 16.5. The largest absolute Gasteiger partial charge is 0.491 e. The van der Waals surface area contributed by atoms with E-state index in [1.54, 1.807) is 24.7 Å². The molecule has 3 rings (SSSR count). The number of fused-ring (bicyclic) bond motifs is 1. The molecule has 2 aromatic rings. The van der Waals surface area contributed by atoms with Crippen molar-refractivity contribution >= 4 is 11.8 Å². The lowest BCUT2D eigenvalue weighted by atomic mass is 10.1. The molecule has 0 spiro atoms. The van der Waals surface area contributed by atoms with Crippen LogP contribution in [0.1, 0.15) is 48.4 Å². The number of amides is 2. The van der Waals surface area contributed by atoms with E-state index in [4.69, 9.17) is 4.74 Å². The van der Waals surface area contributed by atoms with Gasteiger partial charge in [0.2, 0.25) is 5.91 Å². The normalized spacial score (nSPS) is 17.2. The molecule has 31 heavy (non-hydrogen) atoms. The molecule has 2 atom stereocenters. The van der Waals surface area contributed by atoms with Crippen molar-refractivity contribution in [2.75, 3.05) is 27.2 Å². The standard InChI is InChI=1S/C23H33N5O3/c1-15(2)19-11-20(27(6)25-19)22(29)24-16(3)23(30)28-12-17-9-7-8-10-21(17)31-14-18(28)13-26(4)5/h7-11,15-16,18H,12-14H2,1-6H3,(H,24,29). The van der Waals surface area contributed by atoms with Crippen LogP contribution in [0.4, 0.5) is 0 Å². The van der Waals surface area contributed by atoms with E-state index < -0.39 is 6.04 Å². The Morgan fingerprint density at radius 3 is 2.61 bits per heavy atom. The van der Waals surface area contributed by atoms with Gasteiger partial charge >= 0.3 is 0 Å². The Labute approximate surface area is 184 Å².